The average molecular weight is 269 g/mol. The van der Waals surface area contributed by atoms with E-state index >= 15 is 0 Å². The van der Waals surface area contributed by atoms with Crippen molar-refractivity contribution in [1.82, 2.24) is 5.32 Å². The Hall–Kier alpha value is -1.34. The first kappa shape index (κ1) is 15.1. The largest absolute Gasteiger partial charge is 0.313 e. The highest BCUT2D eigenvalue weighted by Gasteiger charge is 2.21. The highest BCUT2D eigenvalue weighted by Crippen LogP contribution is 2.33. The SMILES string of the molecule is CCCCC(CC)C(NC)c1cccc2ccccc12. The Morgan fingerprint density at radius 2 is 1.75 bits per heavy atom. The van der Waals surface area contributed by atoms with E-state index in [0.717, 1.165) is 0 Å². The normalized spacial score (nSPS) is 14.3. The molecule has 0 spiro atoms. The summed E-state index contributed by atoms with van der Waals surface area (Å²) >= 11 is 0. The maximum Gasteiger partial charge on any atom is 0.0352 e. The summed E-state index contributed by atoms with van der Waals surface area (Å²) in [4.78, 5) is 0. The van der Waals surface area contributed by atoms with Crippen LogP contribution in [-0.2, 0) is 0 Å². The lowest BCUT2D eigenvalue weighted by atomic mass is 9.85. The van der Waals surface area contributed by atoms with Gasteiger partial charge in [0.25, 0.3) is 0 Å². The summed E-state index contributed by atoms with van der Waals surface area (Å²) in [6.45, 7) is 4.59. The van der Waals surface area contributed by atoms with Gasteiger partial charge in [-0.2, -0.15) is 0 Å². The monoisotopic (exact) mass is 269 g/mol. The van der Waals surface area contributed by atoms with Gasteiger partial charge in [0.2, 0.25) is 0 Å². The van der Waals surface area contributed by atoms with Gasteiger partial charge in [0.1, 0.15) is 0 Å². The van der Waals surface area contributed by atoms with Crippen molar-refractivity contribution in [1.29, 1.82) is 0 Å². The van der Waals surface area contributed by atoms with Crippen LogP contribution in [0.3, 0.4) is 0 Å². The van der Waals surface area contributed by atoms with Crippen molar-refractivity contribution < 1.29 is 0 Å². The molecule has 108 valence electrons. The summed E-state index contributed by atoms with van der Waals surface area (Å²) in [5, 5.41) is 6.31. The Labute approximate surface area is 123 Å². The second-order valence-electron chi connectivity index (χ2n) is 5.65. The number of unbranched alkanes of at least 4 members (excludes halogenated alkanes) is 1. The predicted molar refractivity (Wildman–Crippen MR) is 89.1 cm³/mol. The third kappa shape index (κ3) is 3.21. The molecule has 20 heavy (non-hydrogen) atoms. The zero-order valence-corrected chi connectivity index (χ0v) is 13.0. The van der Waals surface area contributed by atoms with Crippen LogP contribution in [0.4, 0.5) is 0 Å². The Balaban J connectivity index is 2.37. The molecule has 2 aromatic carbocycles. The van der Waals surface area contributed by atoms with E-state index in [4.69, 9.17) is 0 Å². The molecule has 1 nitrogen and oxygen atoms in total. The molecule has 2 atom stereocenters. The number of hydrogen-bond acceptors (Lipinski definition) is 1. The van der Waals surface area contributed by atoms with Crippen molar-refractivity contribution in [3.63, 3.8) is 0 Å². The second kappa shape index (κ2) is 7.44. The van der Waals surface area contributed by atoms with Crippen LogP contribution in [0, 0.1) is 5.92 Å². The van der Waals surface area contributed by atoms with Crippen molar-refractivity contribution in [2.45, 2.75) is 45.6 Å². The van der Waals surface area contributed by atoms with Gasteiger partial charge in [-0.05, 0) is 35.7 Å². The number of hydrogen-bond donors (Lipinski definition) is 1. The standard InChI is InChI=1S/C19H27N/c1-4-6-10-15(5-2)19(20-3)18-14-9-12-16-11-7-8-13-17(16)18/h7-9,11-15,19-20H,4-6,10H2,1-3H3. The minimum atomic E-state index is 0.456. The summed E-state index contributed by atoms with van der Waals surface area (Å²) in [5.41, 5.74) is 1.45. The van der Waals surface area contributed by atoms with Crippen LogP contribution in [0.5, 0.6) is 0 Å². The summed E-state index contributed by atoms with van der Waals surface area (Å²) < 4.78 is 0. The number of rotatable bonds is 7. The lowest BCUT2D eigenvalue weighted by Crippen LogP contribution is -2.25. The third-order valence-corrected chi connectivity index (χ3v) is 4.39. The van der Waals surface area contributed by atoms with Crippen LogP contribution in [0.2, 0.25) is 0 Å². The van der Waals surface area contributed by atoms with E-state index in [1.54, 1.807) is 0 Å². The van der Waals surface area contributed by atoms with Crippen LogP contribution < -0.4 is 5.32 Å². The van der Waals surface area contributed by atoms with Crippen LogP contribution in [-0.4, -0.2) is 7.05 Å². The summed E-state index contributed by atoms with van der Waals surface area (Å²) in [6, 6.07) is 15.9. The van der Waals surface area contributed by atoms with Gasteiger partial charge >= 0.3 is 0 Å². The topological polar surface area (TPSA) is 12.0 Å². The van der Waals surface area contributed by atoms with Crippen LogP contribution >= 0.6 is 0 Å². The molecule has 0 saturated carbocycles. The molecule has 2 aromatic rings. The molecule has 0 saturated heterocycles. The number of fused-ring (bicyclic) bond motifs is 1. The van der Waals surface area contributed by atoms with Crippen LogP contribution in [0.25, 0.3) is 10.8 Å². The van der Waals surface area contributed by atoms with E-state index in [1.165, 1.54) is 42.0 Å². The first-order valence-electron chi connectivity index (χ1n) is 7.96. The maximum atomic E-state index is 3.57. The van der Waals surface area contributed by atoms with Crippen molar-refractivity contribution in [2.75, 3.05) is 7.05 Å². The van der Waals surface area contributed by atoms with E-state index in [1.807, 2.05) is 0 Å². The minimum absolute atomic E-state index is 0.456. The van der Waals surface area contributed by atoms with Gasteiger partial charge in [-0.25, -0.2) is 0 Å². The summed E-state index contributed by atoms with van der Waals surface area (Å²) in [7, 11) is 2.10. The summed E-state index contributed by atoms with van der Waals surface area (Å²) in [6.07, 6.45) is 5.14. The second-order valence-corrected chi connectivity index (χ2v) is 5.65. The van der Waals surface area contributed by atoms with E-state index in [9.17, 15) is 0 Å². The lowest BCUT2D eigenvalue weighted by Gasteiger charge is -2.27. The van der Waals surface area contributed by atoms with E-state index in [-0.39, 0.29) is 0 Å². The molecular formula is C19H27N. The molecule has 0 heterocycles. The molecule has 2 unspecified atom stereocenters. The molecule has 0 fully saturated rings. The molecule has 2 rings (SSSR count). The van der Waals surface area contributed by atoms with Gasteiger partial charge in [0.15, 0.2) is 0 Å². The fourth-order valence-corrected chi connectivity index (χ4v) is 3.24. The Kier molecular flexibility index (Phi) is 5.60. The van der Waals surface area contributed by atoms with Crippen molar-refractivity contribution in [3.05, 3.63) is 48.0 Å². The van der Waals surface area contributed by atoms with Gasteiger partial charge in [-0.15, -0.1) is 0 Å². The molecule has 0 aliphatic rings. The van der Waals surface area contributed by atoms with Gasteiger partial charge in [0, 0.05) is 6.04 Å². The first-order chi connectivity index (χ1) is 9.81. The fraction of sp³-hybridized carbons (Fsp3) is 0.474. The van der Waals surface area contributed by atoms with Gasteiger partial charge < -0.3 is 5.32 Å². The van der Waals surface area contributed by atoms with Crippen LogP contribution in [0.1, 0.15) is 51.1 Å². The molecule has 0 aliphatic carbocycles. The van der Waals surface area contributed by atoms with Crippen molar-refractivity contribution in [2.24, 2.45) is 5.92 Å². The Bertz CT molecular complexity index is 527. The highest BCUT2D eigenvalue weighted by atomic mass is 14.9. The molecule has 0 radical (unpaired) electrons. The maximum absolute atomic E-state index is 3.57. The van der Waals surface area contributed by atoms with Gasteiger partial charge in [0.05, 0.1) is 0 Å². The van der Waals surface area contributed by atoms with E-state index in [0.29, 0.717) is 12.0 Å². The van der Waals surface area contributed by atoms with Gasteiger partial charge in [-0.1, -0.05) is 75.6 Å². The number of benzene rings is 2. The number of nitrogens with one attached hydrogen (secondary N) is 1. The molecule has 0 bridgehead atoms. The fourth-order valence-electron chi connectivity index (χ4n) is 3.24. The smallest absolute Gasteiger partial charge is 0.0352 e. The first-order valence-corrected chi connectivity index (χ1v) is 7.96. The van der Waals surface area contributed by atoms with Crippen LogP contribution in [0.15, 0.2) is 42.5 Å². The van der Waals surface area contributed by atoms with Crippen molar-refractivity contribution in [3.8, 4) is 0 Å². The Morgan fingerprint density at radius 3 is 2.45 bits per heavy atom. The lowest BCUT2D eigenvalue weighted by molar-refractivity contribution is 0.340. The Morgan fingerprint density at radius 1 is 1.00 bits per heavy atom. The highest BCUT2D eigenvalue weighted by molar-refractivity contribution is 5.86. The minimum Gasteiger partial charge on any atom is -0.313 e. The average Bonchev–Trinajstić information content (AvgIpc) is 2.51. The quantitative estimate of drug-likeness (QED) is 0.717. The zero-order valence-electron chi connectivity index (χ0n) is 13.0. The zero-order chi connectivity index (χ0) is 14.4. The molecule has 0 amide bonds. The summed E-state index contributed by atoms with van der Waals surface area (Å²) in [5.74, 6) is 0.714. The third-order valence-electron chi connectivity index (χ3n) is 4.39. The molecule has 0 aromatic heterocycles. The molecule has 1 N–H and O–H groups in total. The van der Waals surface area contributed by atoms with E-state index in [2.05, 4.69) is 68.7 Å². The van der Waals surface area contributed by atoms with E-state index < -0.39 is 0 Å². The van der Waals surface area contributed by atoms with Gasteiger partial charge in [-0.3, -0.25) is 0 Å². The molecule has 0 aliphatic heterocycles. The molecule has 1 heteroatoms. The van der Waals surface area contributed by atoms with Crippen molar-refractivity contribution >= 4 is 10.8 Å². The molecular weight excluding hydrogens is 242 g/mol. The predicted octanol–water partition coefficient (Wildman–Crippen LogP) is 5.32.